The SMILES string of the molecule is O=C(NCC(=O)N1CCC([NH+]2CCCCC2)CC1)C1CCCCC1. The number of rotatable bonds is 4. The van der Waals surface area contributed by atoms with E-state index in [2.05, 4.69) is 5.32 Å². The van der Waals surface area contributed by atoms with Crippen LogP contribution in [0.4, 0.5) is 0 Å². The molecule has 0 unspecified atom stereocenters. The Labute approximate surface area is 146 Å². The molecule has 0 aromatic heterocycles. The average Bonchev–Trinajstić information content (AvgIpc) is 2.67. The normalized spacial score (nSPS) is 24.8. The number of amides is 2. The molecule has 0 aromatic carbocycles. The Morgan fingerprint density at radius 2 is 1.50 bits per heavy atom. The minimum Gasteiger partial charge on any atom is -0.347 e. The van der Waals surface area contributed by atoms with E-state index in [0.717, 1.165) is 57.7 Å². The number of carbonyl (C=O) groups excluding carboxylic acids is 2. The lowest BCUT2D eigenvalue weighted by molar-refractivity contribution is -0.931. The van der Waals surface area contributed by atoms with Crippen LogP contribution in [-0.2, 0) is 9.59 Å². The molecule has 136 valence electrons. The maximum atomic E-state index is 12.4. The lowest BCUT2D eigenvalue weighted by Crippen LogP contribution is -3.16. The van der Waals surface area contributed by atoms with Gasteiger partial charge in [-0.25, -0.2) is 0 Å². The molecule has 5 heteroatoms. The molecule has 3 fully saturated rings. The van der Waals surface area contributed by atoms with Crippen LogP contribution in [0, 0.1) is 5.92 Å². The number of nitrogens with zero attached hydrogens (tertiary/aromatic N) is 1. The Bertz CT molecular complexity index is 420. The van der Waals surface area contributed by atoms with E-state index in [9.17, 15) is 9.59 Å². The molecular weight excluding hydrogens is 302 g/mol. The zero-order valence-electron chi connectivity index (χ0n) is 15.0. The van der Waals surface area contributed by atoms with Gasteiger partial charge < -0.3 is 15.1 Å². The fourth-order valence-corrected chi connectivity index (χ4v) is 4.73. The molecule has 2 amide bonds. The van der Waals surface area contributed by atoms with Crippen molar-refractivity contribution in [1.82, 2.24) is 10.2 Å². The molecule has 0 radical (unpaired) electrons. The standard InChI is InChI=1S/C19H33N3O2/c23-18(15-20-19(24)16-7-3-1-4-8-16)22-13-9-17(10-14-22)21-11-5-2-6-12-21/h16-17H,1-15H2,(H,20,24)/p+1. The van der Waals surface area contributed by atoms with Gasteiger partial charge in [-0.05, 0) is 32.1 Å². The molecule has 0 aromatic rings. The highest BCUT2D eigenvalue weighted by Gasteiger charge is 2.30. The van der Waals surface area contributed by atoms with Gasteiger partial charge in [0.2, 0.25) is 11.8 Å². The first-order chi connectivity index (χ1) is 11.7. The molecule has 1 aliphatic carbocycles. The smallest absolute Gasteiger partial charge is 0.241 e. The van der Waals surface area contributed by atoms with Gasteiger partial charge in [-0.3, -0.25) is 9.59 Å². The lowest BCUT2D eigenvalue weighted by Gasteiger charge is -2.37. The molecule has 0 bridgehead atoms. The molecule has 3 aliphatic rings. The van der Waals surface area contributed by atoms with E-state index >= 15 is 0 Å². The van der Waals surface area contributed by atoms with Gasteiger partial charge in [0.25, 0.3) is 0 Å². The average molecular weight is 337 g/mol. The quantitative estimate of drug-likeness (QED) is 0.796. The van der Waals surface area contributed by atoms with E-state index in [1.807, 2.05) is 4.90 Å². The Morgan fingerprint density at radius 3 is 2.17 bits per heavy atom. The van der Waals surface area contributed by atoms with Gasteiger partial charge >= 0.3 is 0 Å². The Hall–Kier alpha value is -1.10. The van der Waals surface area contributed by atoms with Crippen LogP contribution in [-0.4, -0.2) is 55.5 Å². The van der Waals surface area contributed by atoms with Crippen molar-refractivity contribution in [3.05, 3.63) is 0 Å². The monoisotopic (exact) mass is 336 g/mol. The number of hydrogen-bond acceptors (Lipinski definition) is 2. The Morgan fingerprint density at radius 1 is 0.875 bits per heavy atom. The number of hydrogen-bond donors (Lipinski definition) is 2. The van der Waals surface area contributed by atoms with Crippen molar-refractivity contribution < 1.29 is 14.5 Å². The minimum atomic E-state index is 0.0932. The van der Waals surface area contributed by atoms with E-state index in [1.54, 1.807) is 4.90 Å². The first-order valence-corrected chi connectivity index (χ1v) is 10.1. The third-order valence-electron chi connectivity index (χ3n) is 6.31. The van der Waals surface area contributed by atoms with Crippen LogP contribution in [0.2, 0.25) is 0 Å². The Kier molecular flexibility index (Phi) is 6.52. The first-order valence-electron chi connectivity index (χ1n) is 10.1. The van der Waals surface area contributed by atoms with Gasteiger partial charge in [0.1, 0.15) is 0 Å². The second kappa shape index (κ2) is 8.84. The van der Waals surface area contributed by atoms with Crippen LogP contribution in [0.3, 0.4) is 0 Å². The summed E-state index contributed by atoms with van der Waals surface area (Å²) in [5.74, 6) is 0.335. The number of piperidine rings is 2. The number of quaternary nitrogens is 1. The highest BCUT2D eigenvalue weighted by atomic mass is 16.2. The van der Waals surface area contributed by atoms with Crippen LogP contribution >= 0.6 is 0 Å². The largest absolute Gasteiger partial charge is 0.347 e. The zero-order chi connectivity index (χ0) is 16.8. The number of likely N-dealkylation sites (tertiary alicyclic amines) is 2. The molecule has 0 atom stereocenters. The summed E-state index contributed by atoms with van der Waals surface area (Å²) in [6, 6.07) is 0.742. The molecule has 5 nitrogen and oxygen atoms in total. The predicted octanol–water partition coefficient (Wildman–Crippen LogP) is 0.743. The van der Waals surface area contributed by atoms with Crippen molar-refractivity contribution in [2.45, 2.75) is 70.3 Å². The molecule has 2 N–H and O–H groups in total. The topological polar surface area (TPSA) is 53.9 Å². The van der Waals surface area contributed by atoms with Gasteiger partial charge in [0.05, 0.1) is 25.7 Å². The van der Waals surface area contributed by atoms with E-state index in [0.29, 0.717) is 0 Å². The van der Waals surface area contributed by atoms with E-state index < -0.39 is 0 Å². The summed E-state index contributed by atoms with van der Waals surface area (Å²) in [6.45, 7) is 4.56. The fraction of sp³-hybridized carbons (Fsp3) is 0.895. The summed E-state index contributed by atoms with van der Waals surface area (Å²) in [4.78, 5) is 28.3. The first kappa shape index (κ1) is 17.7. The summed E-state index contributed by atoms with van der Waals surface area (Å²) in [6.07, 6.45) is 11.9. The summed E-state index contributed by atoms with van der Waals surface area (Å²) in [7, 11) is 0. The second-order valence-electron chi connectivity index (χ2n) is 7.93. The maximum Gasteiger partial charge on any atom is 0.241 e. The van der Waals surface area contributed by atoms with Crippen molar-refractivity contribution in [2.24, 2.45) is 5.92 Å². The van der Waals surface area contributed by atoms with Crippen LogP contribution in [0.15, 0.2) is 0 Å². The summed E-state index contributed by atoms with van der Waals surface area (Å²) in [5, 5.41) is 2.89. The van der Waals surface area contributed by atoms with Crippen molar-refractivity contribution >= 4 is 11.8 Å². The second-order valence-corrected chi connectivity index (χ2v) is 7.93. The van der Waals surface area contributed by atoms with Crippen molar-refractivity contribution in [1.29, 1.82) is 0 Å². The van der Waals surface area contributed by atoms with Crippen molar-refractivity contribution in [2.75, 3.05) is 32.7 Å². The van der Waals surface area contributed by atoms with Crippen LogP contribution < -0.4 is 10.2 Å². The summed E-state index contributed by atoms with van der Waals surface area (Å²) >= 11 is 0. The molecule has 2 heterocycles. The summed E-state index contributed by atoms with van der Waals surface area (Å²) in [5.41, 5.74) is 0. The minimum absolute atomic E-state index is 0.0932. The van der Waals surface area contributed by atoms with Gasteiger partial charge in [-0.15, -0.1) is 0 Å². The Balaban J connectivity index is 1.36. The molecule has 2 saturated heterocycles. The molecular formula is C19H34N3O2+. The molecule has 2 aliphatic heterocycles. The van der Waals surface area contributed by atoms with E-state index in [1.165, 1.54) is 38.8 Å². The van der Waals surface area contributed by atoms with Crippen LogP contribution in [0.25, 0.3) is 0 Å². The fourth-order valence-electron chi connectivity index (χ4n) is 4.73. The van der Waals surface area contributed by atoms with E-state index in [4.69, 9.17) is 0 Å². The highest BCUT2D eigenvalue weighted by molar-refractivity contribution is 5.85. The molecule has 0 spiro atoms. The van der Waals surface area contributed by atoms with Gasteiger partial charge in [-0.1, -0.05) is 19.3 Å². The lowest BCUT2D eigenvalue weighted by atomic mass is 9.89. The zero-order valence-corrected chi connectivity index (χ0v) is 15.0. The third kappa shape index (κ3) is 4.71. The third-order valence-corrected chi connectivity index (χ3v) is 6.31. The molecule has 3 rings (SSSR count). The van der Waals surface area contributed by atoms with Gasteiger partial charge in [-0.2, -0.15) is 0 Å². The van der Waals surface area contributed by atoms with Gasteiger partial charge in [0, 0.05) is 31.8 Å². The maximum absolute atomic E-state index is 12.4. The van der Waals surface area contributed by atoms with Crippen LogP contribution in [0.5, 0.6) is 0 Å². The van der Waals surface area contributed by atoms with E-state index in [-0.39, 0.29) is 24.3 Å². The number of carbonyl (C=O) groups is 2. The number of nitrogens with one attached hydrogen (secondary N) is 2. The highest BCUT2D eigenvalue weighted by Crippen LogP contribution is 2.23. The predicted molar refractivity (Wildman–Crippen MR) is 93.7 cm³/mol. The molecule has 1 saturated carbocycles. The molecule has 24 heavy (non-hydrogen) atoms. The van der Waals surface area contributed by atoms with Crippen molar-refractivity contribution in [3.8, 4) is 0 Å². The summed E-state index contributed by atoms with van der Waals surface area (Å²) < 4.78 is 0. The van der Waals surface area contributed by atoms with Gasteiger partial charge in [0.15, 0.2) is 0 Å². The van der Waals surface area contributed by atoms with Crippen molar-refractivity contribution in [3.63, 3.8) is 0 Å². The van der Waals surface area contributed by atoms with Crippen LogP contribution in [0.1, 0.15) is 64.2 Å².